The third-order valence-electron chi connectivity index (χ3n) is 1.85. The second-order valence-corrected chi connectivity index (χ2v) is 6.02. The normalized spacial score (nSPS) is 10.8. The van der Waals surface area contributed by atoms with Crippen molar-refractivity contribution in [2.45, 2.75) is 31.3 Å². The molecule has 3 nitrogen and oxygen atoms in total. The molecular weight excluding hydrogens is 270 g/mol. The molecule has 0 unspecified atom stereocenters. The molecule has 0 amide bonds. The average molecular weight is 284 g/mol. The molecule has 0 fully saturated rings. The maximum atomic E-state index is 11.6. The summed E-state index contributed by atoms with van der Waals surface area (Å²) in [6.07, 6.45) is 0. The maximum absolute atomic E-state index is 11.6. The van der Waals surface area contributed by atoms with Crippen molar-refractivity contribution >= 4 is 29.3 Å². The van der Waals surface area contributed by atoms with Gasteiger partial charge in [-0.25, -0.2) is 0 Å². The van der Waals surface area contributed by atoms with Crippen LogP contribution >= 0.6 is 23.4 Å². The number of rotatable bonds is 3. The highest BCUT2D eigenvalue weighted by Gasteiger charge is 2.17. The zero-order valence-electron chi connectivity index (χ0n) is 10.5. The van der Waals surface area contributed by atoms with Crippen molar-refractivity contribution in [3.63, 3.8) is 0 Å². The fraction of sp³-hybridized carbons (Fsp3) is 0.385. The van der Waals surface area contributed by atoms with E-state index < -0.39 is 5.60 Å². The first-order valence-corrected chi connectivity index (χ1v) is 6.73. The minimum atomic E-state index is -0.496. The minimum absolute atomic E-state index is 0.159. The minimum Gasteiger partial charge on any atom is -0.459 e. The van der Waals surface area contributed by atoms with Crippen LogP contribution in [0, 0.1) is 11.3 Å². The van der Waals surface area contributed by atoms with Crippen molar-refractivity contribution in [1.29, 1.82) is 5.26 Å². The first-order valence-electron chi connectivity index (χ1n) is 5.37. The number of halogens is 1. The highest BCUT2D eigenvalue weighted by Crippen LogP contribution is 2.28. The number of nitrogens with zero attached hydrogens (tertiary/aromatic N) is 1. The van der Waals surface area contributed by atoms with Crippen LogP contribution in [0.2, 0.25) is 5.02 Å². The van der Waals surface area contributed by atoms with Gasteiger partial charge in [-0.2, -0.15) is 5.26 Å². The van der Waals surface area contributed by atoms with E-state index in [2.05, 4.69) is 0 Å². The third-order valence-corrected chi connectivity index (χ3v) is 3.20. The summed E-state index contributed by atoms with van der Waals surface area (Å²) in [5.41, 5.74) is -0.1000. The summed E-state index contributed by atoms with van der Waals surface area (Å²) >= 11 is 7.15. The van der Waals surface area contributed by atoms with Gasteiger partial charge in [-0.15, -0.1) is 11.8 Å². The summed E-state index contributed by atoms with van der Waals surface area (Å²) in [6, 6.07) is 7.20. The molecule has 5 heteroatoms. The molecule has 1 rings (SSSR count). The van der Waals surface area contributed by atoms with E-state index in [-0.39, 0.29) is 11.7 Å². The fourth-order valence-electron chi connectivity index (χ4n) is 1.24. The lowest BCUT2D eigenvalue weighted by molar-refractivity contribution is -0.151. The van der Waals surface area contributed by atoms with Gasteiger partial charge >= 0.3 is 5.97 Å². The van der Waals surface area contributed by atoms with E-state index in [1.165, 1.54) is 11.8 Å². The van der Waals surface area contributed by atoms with E-state index >= 15 is 0 Å². The lowest BCUT2D eigenvalue weighted by Gasteiger charge is -2.19. The van der Waals surface area contributed by atoms with Gasteiger partial charge in [-0.3, -0.25) is 4.79 Å². The van der Waals surface area contributed by atoms with E-state index in [9.17, 15) is 4.79 Å². The summed E-state index contributed by atoms with van der Waals surface area (Å²) in [7, 11) is 0. The Morgan fingerprint density at radius 3 is 2.72 bits per heavy atom. The molecule has 18 heavy (non-hydrogen) atoms. The smallest absolute Gasteiger partial charge is 0.316 e. The zero-order chi connectivity index (χ0) is 13.8. The predicted molar refractivity (Wildman–Crippen MR) is 72.7 cm³/mol. The Hall–Kier alpha value is -1.18. The van der Waals surface area contributed by atoms with Crippen LogP contribution in [0.15, 0.2) is 23.1 Å². The summed E-state index contributed by atoms with van der Waals surface area (Å²) in [5.74, 6) is -0.150. The Kier molecular flexibility index (Phi) is 5.06. The number of esters is 1. The van der Waals surface area contributed by atoms with Gasteiger partial charge in [0.2, 0.25) is 0 Å². The van der Waals surface area contributed by atoms with Gasteiger partial charge < -0.3 is 4.74 Å². The maximum Gasteiger partial charge on any atom is 0.316 e. The summed E-state index contributed by atoms with van der Waals surface area (Å²) < 4.78 is 5.19. The standard InChI is InChI=1S/C13H14ClNO2S/c1-13(2,3)17-12(16)8-18-11-6-4-5-10(14)9(11)7-15/h4-6H,8H2,1-3H3. The molecule has 0 aromatic heterocycles. The molecule has 0 atom stereocenters. The lowest BCUT2D eigenvalue weighted by atomic mass is 10.2. The van der Waals surface area contributed by atoms with Gasteiger partial charge in [0.05, 0.1) is 16.3 Å². The Labute approximate surface area is 116 Å². The van der Waals surface area contributed by atoms with Crippen molar-refractivity contribution in [2.75, 3.05) is 5.75 Å². The number of hydrogen-bond acceptors (Lipinski definition) is 4. The van der Waals surface area contributed by atoms with Crippen LogP contribution in [0.5, 0.6) is 0 Å². The van der Waals surface area contributed by atoms with Crippen LogP contribution < -0.4 is 0 Å². The van der Waals surface area contributed by atoms with Crippen molar-refractivity contribution in [1.82, 2.24) is 0 Å². The van der Waals surface area contributed by atoms with Gasteiger partial charge in [0.1, 0.15) is 11.7 Å². The molecule has 0 saturated heterocycles. The van der Waals surface area contributed by atoms with Crippen LogP contribution in [-0.2, 0) is 9.53 Å². The third kappa shape index (κ3) is 4.59. The van der Waals surface area contributed by atoms with E-state index in [0.717, 1.165) is 0 Å². The van der Waals surface area contributed by atoms with Gasteiger partial charge in [0.15, 0.2) is 0 Å². The molecule has 0 aliphatic carbocycles. The Morgan fingerprint density at radius 2 is 2.17 bits per heavy atom. The lowest BCUT2D eigenvalue weighted by Crippen LogP contribution is -2.24. The number of ether oxygens (including phenoxy) is 1. The van der Waals surface area contributed by atoms with E-state index in [1.54, 1.807) is 18.2 Å². The first kappa shape index (κ1) is 14.9. The number of thioether (sulfide) groups is 1. The molecule has 0 N–H and O–H groups in total. The van der Waals surface area contributed by atoms with Gasteiger partial charge in [0.25, 0.3) is 0 Å². The average Bonchev–Trinajstić information content (AvgIpc) is 2.24. The highest BCUT2D eigenvalue weighted by atomic mass is 35.5. The molecule has 0 saturated carbocycles. The number of carbonyl (C=O) groups excluding carboxylic acids is 1. The molecule has 0 aliphatic rings. The summed E-state index contributed by atoms with van der Waals surface area (Å²) in [6.45, 7) is 5.45. The monoisotopic (exact) mass is 283 g/mol. The molecule has 0 spiro atoms. The van der Waals surface area contributed by atoms with Crippen molar-refractivity contribution in [3.05, 3.63) is 28.8 Å². The van der Waals surface area contributed by atoms with Crippen LogP contribution in [0.25, 0.3) is 0 Å². The first-order chi connectivity index (χ1) is 8.33. The molecule has 1 aromatic rings. The number of benzene rings is 1. The number of nitriles is 1. The van der Waals surface area contributed by atoms with Crippen molar-refractivity contribution in [2.24, 2.45) is 0 Å². The zero-order valence-corrected chi connectivity index (χ0v) is 12.1. The molecule has 0 aliphatic heterocycles. The van der Waals surface area contributed by atoms with Crippen LogP contribution in [0.3, 0.4) is 0 Å². The summed E-state index contributed by atoms with van der Waals surface area (Å²) in [4.78, 5) is 12.2. The van der Waals surface area contributed by atoms with E-state index in [1.807, 2.05) is 26.8 Å². The molecule has 0 radical (unpaired) electrons. The highest BCUT2D eigenvalue weighted by molar-refractivity contribution is 8.00. The second-order valence-electron chi connectivity index (χ2n) is 4.60. The molecular formula is C13H14ClNO2S. The second kappa shape index (κ2) is 6.12. The SMILES string of the molecule is CC(C)(C)OC(=O)CSc1cccc(Cl)c1C#N. The largest absolute Gasteiger partial charge is 0.459 e. The van der Waals surface area contributed by atoms with Gasteiger partial charge in [-0.05, 0) is 32.9 Å². The van der Waals surface area contributed by atoms with Gasteiger partial charge in [0, 0.05) is 4.90 Å². The Balaban J connectivity index is 2.68. The molecule has 96 valence electrons. The Morgan fingerprint density at radius 1 is 1.50 bits per heavy atom. The topological polar surface area (TPSA) is 50.1 Å². The Bertz CT molecular complexity index is 489. The van der Waals surface area contributed by atoms with Gasteiger partial charge in [-0.1, -0.05) is 17.7 Å². The van der Waals surface area contributed by atoms with Crippen LogP contribution in [0.4, 0.5) is 0 Å². The van der Waals surface area contributed by atoms with Crippen molar-refractivity contribution in [3.8, 4) is 6.07 Å². The van der Waals surface area contributed by atoms with Crippen molar-refractivity contribution < 1.29 is 9.53 Å². The van der Waals surface area contributed by atoms with E-state index in [0.29, 0.717) is 15.5 Å². The predicted octanol–water partition coefficient (Wildman–Crippen LogP) is 3.65. The molecule has 0 bridgehead atoms. The summed E-state index contributed by atoms with van der Waals surface area (Å²) in [5, 5.41) is 9.38. The molecule has 1 aromatic carbocycles. The van der Waals surface area contributed by atoms with Crippen LogP contribution in [0.1, 0.15) is 26.3 Å². The molecule has 0 heterocycles. The van der Waals surface area contributed by atoms with E-state index in [4.69, 9.17) is 21.6 Å². The fourth-order valence-corrected chi connectivity index (χ4v) is 2.32. The number of carbonyl (C=O) groups is 1. The number of hydrogen-bond donors (Lipinski definition) is 0. The quantitative estimate of drug-likeness (QED) is 0.628. The van der Waals surface area contributed by atoms with Crippen LogP contribution in [-0.4, -0.2) is 17.3 Å².